The number of aromatic nitrogens is 1. The molecule has 0 aromatic carbocycles. The van der Waals surface area contributed by atoms with E-state index < -0.39 is 0 Å². The molecule has 2 unspecified atom stereocenters. The van der Waals surface area contributed by atoms with Crippen molar-refractivity contribution in [3.63, 3.8) is 0 Å². The molecule has 1 amide bonds. The van der Waals surface area contributed by atoms with Crippen molar-refractivity contribution in [1.82, 2.24) is 9.88 Å². The lowest BCUT2D eigenvalue weighted by atomic mass is 10.1. The van der Waals surface area contributed by atoms with Crippen LogP contribution in [0.1, 0.15) is 24.2 Å². The molecule has 0 N–H and O–H groups in total. The number of carbonyl (C=O) groups is 1. The second-order valence-corrected chi connectivity index (χ2v) is 5.23. The van der Waals surface area contributed by atoms with E-state index in [1.807, 2.05) is 13.8 Å². The van der Waals surface area contributed by atoms with E-state index in [9.17, 15) is 4.79 Å². The quantitative estimate of drug-likeness (QED) is 0.746. The Balaban J connectivity index is 2.27. The third kappa shape index (κ3) is 2.76. The van der Waals surface area contributed by atoms with Gasteiger partial charge in [-0.3, -0.25) is 4.79 Å². The Morgan fingerprint density at radius 3 is 2.94 bits per heavy atom. The standard InChI is InChI=1S/C12H14Cl2N2O2/c1-7-6-18-8(2)5-16(7)12(17)9-3-11(14)15-4-10(9)13/h3-4,7-8H,5-6H2,1-2H3. The fourth-order valence-electron chi connectivity index (χ4n) is 1.92. The number of morpholine rings is 1. The molecule has 2 rings (SSSR count). The van der Waals surface area contributed by atoms with Gasteiger partial charge in [0.25, 0.3) is 5.91 Å². The molecular weight excluding hydrogens is 275 g/mol. The van der Waals surface area contributed by atoms with Crippen LogP contribution in [0.15, 0.2) is 12.3 Å². The molecule has 1 aliphatic heterocycles. The van der Waals surface area contributed by atoms with Crippen molar-refractivity contribution in [2.75, 3.05) is 13.2 Å². The smallest absolute Gasteiger partial charge is 0.255 e. The largest absolute Gasteiger partial charge is 0.375 e. The average Bonchev–Trinajstić information content (AvgIpc) is 2.34. The molecule has 4 nitrogen and oxygen atoms in total. The molecule has 98 valence electrons. The highest BCUT2D eigenvalue weighted by molar-refractivity contribution is 6.35. The van der Waals surface area contributed by atoms with Crippen LogP contribution in [0, 0.1) is 0 Å². The first kappa shape index (κ1) is 13.6. The molecule has 0 aliphatic carbocycles. The van der Waals surface area contributed by atoms with Gasteiger partial charge >= 0.3 is 0 Å². The lowest BCUT2D eigenvalue weighted by molar-refractivity contribution is -0.0387. The molecule has 1 aromatic heterocycles. The summed E-state index contributed by atoms with van der Waals surface area (Å²) in [6.45, 7) is 4.97. The van der Waals surface area contributed by atoms with Gasteiger partial charge < -0.3 is 9.64 Å². The summed E-state index contributed by atoms with van der Waals surface area (Å²) in [5.41, 5.74) is 0.387. The molecule has 2 heterocycles. The predicted octanol–water partition coefficient (Wildman–Crippen LogP) is 2.64. The Hall–Kier alpha value is -0.840. The Bertz CT molecular complexity index is 467. The number of halogens is 2. The topological polar surface area (TPSA) is 42.4 Å². The highest BCUT2D eigenvalue weighted by Gasteiger charge is 2.29. The van der Waals surface area contributed by atoms with Crippen LogP contribution in [0.2, 0.25) is 10.2 Å². The van der Waals surface area contributed by atoms with Gasteiger partial charge in [0.2, 0.25) is 0 Å². The van der Waals surface area contributed by atoms with Crippen LogP contribution < -0.4 is 0 Å². The summed E-state index contributed by atoms with van der Waals surface area (Å²) in [6, 6.07) is 1.52. The number of nitrogens with zero attached hydrogens (tertiary/aromatic N) is 2. The molecule has 0 saturated carbocycles. The van der Waals surface area contributed by atoms with E-state index in [-0.39, 0.29) is 23.2 Å². The minimum Gasteiger partial charge on any atom is -0.375 e. The number of ether oxygens (including phenoxy) is 1. The minimum absolute atomic E-state index is 0.0247. The summed E-state index contributed by atoms with van der Waals surface area (Å²) in [4.78, 5) is 18.0. The zero-order valence-corrected chi connectivity index (χ0v) is 11.7. The molecular formula is C12H14Cl2N2O2. The van der Waals surface area contributed by atoms with Crippen LogP contribution in [-0.4, -0.2) is 41.1 Å². The zero-order chi connectivity index (χ0) is 13.3. The molecule has 1 saturated heterocycles. The van der Waals surface area contributed by atoms with E-state index in [1.165, 1.54) is 12.3 Å². The van der Waals surface area contributed by atoms with Gasteiger partial charge in [0.1, 0.15) is 5.15 Å². The van der Waals surface area contributed by atoms with Gasteiger partial charge in [0, 0.05) is 12.7 Å². The number of hydrogen-bond acceptors (Lipinski definition) is 3. The lowest BCUT2D eigenvalue weighted by Crippen LogP contribution is -2.50. The first-order chi connectivity index (χ1) is 8.49. The number of pyridine rings is 1. The number of amides is 1. The Labute approximate surface area is 116 Å². The van der Waals surface area contributed by atoms with Crippen LogP contribution in [0.3, 0.4) is 0 Å². The van der Waals surface area contributed by atoms with Gasteiger partial charge in [-0.2, -0.15) is 0 Å². The van der Waals surface area contributed by atoms with E-state index in [0.717, 1.165) is 0 Å². The van der Waals surface area contributed by atoms with E-state index in [1.54, 1.807) is 4.90 Å². The summed E-state index contributed by atoms with van der Waals surface area (Å²) in [5.74, 6) is -0.132. The van der Waals surface area contributed by atoms with Crippen LogP contribution in [0.5, 0.6) is 0 Å². The molecule has 0 bridgehead atoms. The zero-order valence-electron chi connectivity index (χ0n) is 10.2. The molecule has 0 spiro atoms. The SMILES string of the molecule is CC1CN(C(=O)c2cc(Cl)ncc2Cl)C(C)CO1. The molecule has 1 aliphatic rings. The molecule has 18 heavy (non-hydrogen) atoms. The Morgan fingerprint density at radius 1 is 1.50 bits per heavy atom. The monoisotopic (exact) mass is 288 g/mol. The number of hydrogen-bond donors (Lipinski definition) is 0. The third-order valence-corrected chi connectivity index (χ3v) is 3.43. The maximum Gasteiger partial charge on any atom is 0.255 e. The number of carbonyl (C=O) groups excluding carboxylic acids is 1. The van der Waals surface area contributed by atoms with E-state index in [2.05, 4.69) is 4.98 Å². The molecule has 6 heteroatoms. The van der Waals surface area contributed by atoms with Crippen molar-refractivity contribution in [3.8, 4) is 0 Å². The normalized spacial score (nSPS) is 24.1. The second-order valence-electron chi connectivity index (χ2n) is 4.44. The van der Waals surface area contributed by atoms with Crippen molar-refractivity contribution in [3.05, 3.63) is 28.0 Å². The van der Waals surface area contributed by atoms with Crippen molar-refractivity contribution >= 4 is 29.1 Å². The molecule has 2 atom stereocenters. The van der Waals surface area contributed by atoms with E-state index in [0.29, 0.717) is 23.7 Å². The highest BCUT2D eigenvalue weighted by atomic mass is 35.5. The average molecular weight is 289 g/mol. The van der Waals surface area contributed by atoms with Crippen molar-refractivity contribution in [1.29, 1.82) is 0 Å². The van der Waals surface area contributed by atoms with Crippen molar-refractivity contribution < 1.29 is 9.53 Å². The van der Waals surface area contributed by atoms with Crippen LogP contribution in [0.25, 0.3) is 0 Å². The summed E-state index contributed by atoms with van der Waals surface area (Å²) < 4.78 is 5.50. The summed E-state index contributed by atoms with van der Waals surface area (Å²) in [5, 5.41) is 0.576. The van der Waals surface area contributed by atoms with Gasteiger partial charge in [0.15, 0.2) is 0 Å². The summed E-state index contributed by atoms with van der Waals surface area (Å²) in [7, 11) is 0. The van der Waals surface area contributed by atoms with Crippen LogP contribution >= 0.6 is 23.2 Å². The van der Waals surface area contributed by atoms with Crippen molar-refractivity contribution in [2.24, 2.45) is 0 Å². The van der Waals surface area contributed by atoms with Gasteiger partial charge in [-0.1, -0.05) is 23.2 Å². The van der Waals surface area contributed by atoms with Crippen LogP contribution in [-0.2, 0) is 4.74 Å². The first-order valence-corrected chi connectivity index (χ1v) is 6.48. The Morgan fingerprint density at radius 2 is 2.22 bits per heavy atom. The summed E-state index contributed by atoms with van der Waals surface area (Å²) in [6.07, 6.45) is 1.42. The highest BCUT2D eigenvalue weighted by Crippen LogP contribution is 2.22. The first-order valence-electron chi connectivity index (χ1n) is 5.72. The molecule has 0 radical (unpaired) electrons. The van der Waals surface area contributed by atoms with E-state index in [4.69, 9.17) is 27.9 Å². The fraction of sp³-hybridized carbons (Fsp3) is 0.500. The van der Waals surface area contributed by atoms with Gasteiger partial charge in [-0.05, 0) is 19.9 Å². The third-order valence-electron chi connectivity index (χ3n) is 2.92. The van der Waals surface area contributed by atoms with Crippen molar-refractivity contribution in [2.45, 2.75) is 26.0 Å². The van der Waals surface area contributed by atoms with Gasteiger partial charge in [-0.15, -0.1) is 0 Å². The van der Waals surface area contributed by atoms with Gasteiger partial charge in [-0.25, -0.2) is 4.98 Å². The number of rotatable bonds is 1. The van der Waals surface area contributed by atoms with Gasteiger partial charge in [0.05, 0.1) is 29.3 Å². The molecule has 1 fully saturated rings. The molecule has 1 aromatic rings. The predicted molar refractivity (Wildman–Crippen MR) is 70.2 cm³/mol. The van der Waals surface area contributed by atoms with Crippen LogP contribution in [0.4, 0.5) is 0 Å². The fourth-order valence-corrected chi connectivity index (χ4v) is 2.26. The summed E-state index contributed by atoms with van der Waals surface area (Å²) >= 11 is 11.8. The van der Waals surface area contributed by atoms with E-state index >= 15 is 0 Å². The second kappa shape index (κ2) is 5.43. The maximum atomic E-state index is 12.4. The lowest BCUT2D eigenvalue weighted by Gasteiger charge is -2.37. The maximum absolute atomic E-state index is 12.4. The Kier molecular flexibility index (Phi) is 4.10. The minimum atomic E-state index is -0.132.